The highest BCUT2D eigenvalue weighted by molar-refractivity contribution is 5.54. The van der Waals surface area contributed by atoms with Gasteiger partial charge < -0.3 is 14.6 Å². The number of hydrogen-bond acceptors (Lipinski definition) is 4. The summed E-state index contributed by atoms with van der Waals surface area (Å²) in [6.45, 7) is 4.80. The van der Waals surface area contributed by atoms with E-state index in [1.54, 1.807) is 0 Å². The minimum atomic E-state index is -0.421. The number of hydrogen-bond donors (Lipinski definition) is 1. The molecule has 114 valence electrons. The predicted octanol–water partition coefficient (Wildman–Crippen LogP) is 2.50. The molecule has 0 amide bonds. The van der Waals surface area contributed by atoms with Gasteiger partial charge in [-0.3, -0.25) is 4.90 Å². The van der Waals surface area contributed by atoms with Crippen molar-refractivity contribution in [3.8, 4) is 11.5 Å². The Bertz CT molecular complexity index is 543. The van der Waals surface area contributed by atoms with Crippen molar-refractivity contribution in [3.63, 3.8) is 0 Å². The third-order valence-electron chi connectivity index (χ3n) is 5.26. The largest absolute Gasteiger partial charge is 0.454 e. The van der Waals surface area contributed by atoms with Gasteiger partial charge in [0, 0.05) is 17.5 Å². The maximum atomic E-state index is 10.9. The molecule has 1 aliphatic carbocycles. The Labute approximate surface area is 125 Å². The SMILES string of the molecule is CCCN1CCC[C@@H]2C(O)c3c(ccc4c3OCO4)C[C@H]21. The van der Waals surface area contributed by atoms with E-state index in [-0.39, 0.29) is 6.79 Å². The van der Waals surface area contributed by atoms with Crippen LogP contribution in [0, 0.1) is 5.92 Å². The molecule has 0 aromatic heterocycles. The Balaban J connectivity index is 1.73. The summed E-state index contributed by atoms with van der Waals surface area (Å²) in [5.41, 5.74) is 2.22. The molecule has 4 nitrogen and oxygen atoms in total. The molecule has 21 heavy (non-hydrogen) atoms. The molecule has 0 radical (unpaired) electrons. The number of aliphatic hydroxyl groups excluding tert-OH is 1. The highest BCUT2D eigenvalue weighted by atomic mass is 16.7. The van der Waals surface area contributed by atoms with Crippen molar-refractivity contribution in [2.24, 2.45) is 5.92 Å². The lowest BCUT2D eigenvalue weighted by molar-refractivity contribution is -0.00782. The molecule has 1 fully saturated rings. The van der Waals surface area contributed by atoms with Gasteiger partial charge in [0.15, 0.2) is 11.5 Å². The molecule has 0 saturated carbocycles. The van der Waals surface area contributed by atoms with Crippen LogP contribution >= 0.6 is 0 Å². The number of benzene rings is 1. The highest BCUT2D eigenvalue weighted by Crippen LogP contribution is 2.49. The first kappa shape index (κ1) is 13.4. The van der Waals surface area contributed by atoms with E-state index in [9.17, 15) is 5.11 Å². The number of likely N-dealkylation sites (tertiary alicyclic amines) is 1. The molecule has 2 aliphatic heterocycles. The van der Waals surface area contributed by atoms with Crippen LogP contribution in [0.2, 0.25) is 0 Å². The van der Waals surface area contributed by atoms with Gasteiger partial charge in [-0.05, 0) is 50.4 Å². The zero-order chi connectivity index (χ0) is 14.4. The maximum absolute atomic E-state index is 10.9. The van der Waals surface area contributed by atoms with Crippen molar-refractivity contribution in [2.45, 2.75) is 44.8 Å². The summed E-state index contributed by atoms with van der Waals surface area (Å²) in [5.74, 6) is 1.90. The van der Waals surface area contributed by atoms with Gasteiger partial charge in [0.05, 0.1) is 6.10 Å². The Hall–Kier alpha value is -1.26. The van der Waals surface area contributed by atoms with Crippen LogP contribution in [0.1, 0.15) is 43.4 Å². The van der Waals surface area contributed by atoms with Crippen molar-refractivity contribution in [1.82, 2.24) is 4.90 Å². The first-order valence-corrected chi connectivity index (χ1v) is 8.13. The van der Waals surface area contributed by atoms with Crippen molar-refractivity contribution in [1.29, 1.82) is 0 Å². The lowest BCUT2D eigenvalue weighted by atomic mass is 9.73. The van der Waals surface area contributed by atoms with Crippen LogP contribution in [0.5, 0.6) is 11.5 Å². The van der Waals surface area contributed by atoms with Gasteiger partial charge in [-0.25, -0.2) is 0 Å². The molecular formula is C17H23NO3. The predicted molar refractivity (Wildman–Crippen MR) is 79.6 cm³/mol. The second-order valence-corrected chi connectivity index (χ2v) is 6.43. The minimum absolute atomic E-state index is 0.272. The van der Waals surface area contributed by atoms with Crippen LogP contribution in [0.25, 0.3) is 0 Å². The number of ether oxygens (including phenoxy) is 2. The first-order valence-electron chi connectivity index (χ1n) is 8.13. The van der Waals surface area contributed by atoms with Crippen LogP contribution in [0.4, 0.5) is 0 Å². The zero-order valence-corrected chi connectivity index (χ0v) is 12.5. The summed E-state index contributed by atoms with van der Waals surface area (Å²) >= 11 is 0. The fourth-order valence-corrected chi connectivity index (χ4v) is 4.35. The van der Waals surface area contributed by atoms with E-state index in [0.717, 1.165) is 36.4 Å². The monoisotopic (exact) mass is 289 g/mol. The molecule has 3 aliphatic rings. The molecule has 4 heteroatoms. The van der Waals surface area contributed by atoms with E-state index >= 15 is 0 Å². The maximum Gasteiger partial charge on any atom is 0.231 e. The summed E-state index contributed by atoms with van der Waals surface area (Å²) in [6, 6.07) is 4.57. The normalized spacial score (nSPS) is 30.9. The minimum Gasteiger partial charge on any atom is -0.454 e. The average Bonchev–Trinajstić information content (AvgIpc) is 2.97. The lowest BCUT2D eigenvalue weighted by Gasteiger charge is -2.46. The highest BCUT2D eigenvalue weighted by Gasteiger charge is 2.43. The van der Waals surface area contributed by atoms with Crippen LogP contribution in [-0.4, -0.2) is 35.9 Å². The molecule has 0 spiro atoms. The van der Waals surface area contributed by atoms with Gasteiger partial charge >= 0.3 is 0 Å². The number of nitrogens with zero attached hydrogens (tertiary/aromatic N) is 1. The van der Waals surface area contributed by atoms with E-state index < -0.39 is 6.10 Å². The molecule has 4 rings (SSSR count). The van der Waals surface area contributed by atoms with Crippen molar-refractivity contribution in [3.05, 3.63) is 23.3 Å². The number of fused-ring (bicyclic) bond motifs is 4. The van der Waals surface area contributed by atoms with E-state index in [4.69, 9.17) is 9.47 Å². The van der Waals surface area contributed by atoms with E-state index in [2.05, 4.69) is 17.9 Å². The smallest absolute Gasteiger partial charge is 0.231 e. The summed E-state index contributed by atoms with van der Waals surface area (Å²) in [6.07, 6.45) is 4.06. The van der Waals surface area contributed by atoms with Gasteiger partial charge in [0.1, 0.15) is 0 Å². The molecule has 1 aromatic carbocycles. The Morgan fingerprint density at radius 3 is 3.10 bits per heavy atom. The van der Waals surface area contributed by atoms with Crippen molar-refractivity contribution < 1.29 is 14.6 Å². The Morgan fingerprint density at radius 1 is 1.33 bits per heavy atom. The summed E-state index contributed by atoms with van der Waals surface area (Å²) in [7, 11) is 0. The Morgan fingerprint density at radius 2 is 2.24 bits per heavy atom. The van der Waals surface area contributed by atoms with Gasteiger partial charge in [-0.2, -0.15) is 0 Å². The number of aliphatic hydroxyl groups is 1. The second kappa shape index (κ2) is 5.18. The van der Waals surface area contributed by atoms with Gasteiger partial charge in [-0.1, -0.05) is 13.0 Å². The molecule has 1 aromatic rings. The van der Waals surface area contributed by atoms with Crippen LogP contribution in [0.15, 0.2) is 12.1 Å². The summed E-state index contributed by atoms with van der Waals surface area (Å²) in [5, 5.41) is 10.9. The molecule has 2 heterocycles. The third-order valence-corrected chi connectivity index (χ3v) is 5.26. The average molecular weight is 289 g/mol. The van der Waals surface area contributed by atoms with Gasteiger partial charge in [0.25, 0.3) is 0 Å². The fraction of sp³-hybridized carbons (Fsp3) is 0.647. The second-order valence-electron chi connectivity index (χ2n) is 6.43. The molecular weight excluding hydrogens is 266 g/mol. The van der Waals surface area contributed by atoms with Crippen LogP contribution in [0.3, 0.4) is 0 Å². The zero-order valence-electron chi connectivity index (χ0n) is 12.5. The van der Waals surface area contributed by atoms with Gasteiger partial charge in [-0.15, -0.1) is 0 Å². The molecule has 0 bridgehead atoms. The standard InChI is InChI=1S/C17H23NO3/c1-2-7-18-8-3-4-12-13(18)9-11-5-6-14-17(21-10-20-14)15(11)16(12)19/h5-6,12-13,16,19H,2-4,7-10H2,1H3/t12-,13+,16?/m0/s1. The number of piperidine rings is 1. The van der Waals surface area contributed by atoms with E-state index in [0.29, 0.717) is 12.0 Å². The summed E-state index contributed by atoms with van der Waals surface area (Å²) < 4.78 is 11.1. The molecule has 1 saturated heterocycles. The van der Waals surface area contributed by atoms with Crippen molar-refractivity contribution >= 4 is 0 Å². The fourth-order valence-electron chi connectivity index (χ4n) is 4.35. The quantitative estimate of drug-likeness (QED) is 0.908. The molecule has 3 atom stereocenters. The first-order chi connectivity index (χ1) is 10.3. The topological polar surface area (TPSA) is 41.9 Å². The van der Waals surface area contributed by atoms with Crippen LogP contribution < -0.4 is 9.47 Å². The van der Waals surface area contributed by atoms with Gasteiger partial charge in [0.2, 0.25) is 6.79 Å². The lowest BCUT2D eigenvalue weighted by Crippen LogP contribution is -2.50. The Kier molecular flexibility index (Phi) is 3.31. The van der Waals surface area contributed by atoms with E-state index in [1.807, 2.05) is 6.07 Å². The van der Waals surface area contributed by atoms with E-state index in [1.165, 1.54) is 24.9 Å². The number of rotatable bonds is 2. The third kappa shape index (κ3) is 2.04. The van der Waals surface area contributed by atoms with Crippen LogP contribution in [-0.2, 0) is 6.42 Å². The molecule has 1 N–H and O–H groups in total. The molecule has 1 unspecified atom stereocenters. The summed E-state index contributed by atoms with van der Waals surface area (Å²) in [4.78, 5) is 2.57. The van der Waals surface area contributed by atoms with Crippen molar-refractivity contribution in [2.75, 3.05) is 19.9 Å².